The summed E-state index contributed by atoms with van der Waals surface area (Å²) in [6.07, 6.45) is 54.9. The molecule has 0 spiro atoms. The predicted molar refractivity (Wildman–Crippen MR) is 249 cm³/mol. The second-order valence-corrected chi connectivity index (χ2v) is 18.2. The molecule has 8 nitrogen and oxygen atoms in total. The number of unbranched alkanes of at least 4 members (excludes halogenated alkanes) is 29. The van der Waals surface area contributed by atoms with Gasteiger partial charge in [0.25, 0.3) is 0 Å². The largest absolute Gasteiger partial charge is 0.472 e. The van der Waals surface area contributed by atoms with Crippen LogP contribution in [0.3, 0.4) is 0 Å². The summed E-state index contributed by atoms with van der Waals surface area (Å²) in [4.78, 5) is 34.6. The van der Waals surface area contributed by atoms with E-state index in [2.05, 4.69) is 54.8 Å². The van der Waals surface area contributed by atoms with Crippen LogP contribution < -0.4 is 0 Å². The van der Waals surface area contributed by atoms with E-state index in [1.54, 1.807) is 0 Å². The van der Waals surface area contributed by atoms with E-state index < -0.39 is 26.5 Å². The van der Waals surface area contributed by atoms with Crippen LogP contribution in [0.4, 0.5) is 0 Å². The van der Waals surface area contributed by atoms with Crippen LogP contribution in [0.25, 0.3) is 0 Å². The van der Waals surface area contributed by atoms with E-state index in [-0.39, 0.29) is 25.4 Å². The van der Waals surface area contributed by atoms with Gasteiger partial charge < -0.3 is 14.4 Å². The van der Waals surface area contributed by atoms with Crippen LogP contribution in [0, 0.1) is 0 Å². The fourth-order valence-electron chi connectivity index (χ4n) is 7.04. The Bertz CT molecular complexity index is 1060. The molecule has 0 heterocycles. The third-order valence-electron chi connectivity index (χ3n) is 10.9. The Morgan fingerprint density at radius 1 is 0.475 bits per heavy atom. The minimum absolute atomic E-state index is 0.226. The summed E-state index contributed by atoms with van der Waals surface area (Å²) in [5, 5.41) is 0. The van der Waals surface area contributed by atoms with Crippen molar-refractivity contribution >= 4 is 19.8 Å². The zero-order chi connectivity index (χ0) is 43.2. The van der Waals surface area contributed by atoms with Crippen LogP contribution in [0.2, 0.25) is 0 Å². The number of phosphoric acid groups is 1. The molecule has 0 aliphatic rings. The molecule has 0 aromatic carbocycles. The summed E-state index contributed by atoms with van der Waals surface area (Å²) >= 11 is 0. The van der Waals surface area contributed by atoms with E-state index in [0.717, 1.165) is 45.6 Å². The Morgan fingerprint density at radius 2 is 0.814 bits per heavy atom. The molecule has 0 amide bonds. The molecular formula is C50H93O8P. The summed E-state index contributed by atoms with van der Waals surface area (Å²) in [6, 6.07) is 0. The molecule has 2 unspecified atom stereocenters. The molecule has 1 N–H and O–H groups in total. The van der Waals surface area contributed by atoms with Crippen molar-refractivity contribution in [2.75, 3.05) is 20.3 Å². The number of rotatable bonds is 46. The fraction of sp³-hybridized carbons (Fsp3) is 0.840. The second kappa shape index (κ2) is 45.8. The Morgan fingerprint density at radius 3 is 1.20 bits per heavy atom. The molecule has 0 aromatic heterocycles. The maximum atomic E-state index is 12.6. The highest BCUT2D eigenvalue weighted by Gasteiger charge is 2.24. The average molecular weight is 853 g/mol. The van der Waals surface area contributed by atoms with Crippen molar-refractivity contribution in [2.45, 2.75) is 251 Å². The maximum absolute atomic E-state index is 12.6. The number of phosphoric ester groups is 1. The number of carbonyl (C=O) groups is 2. The van der Waals surface area contributed by atoms with Gasteiger partial charge in [-0.2, -0.15) is 0 Å². The molecule has 0 saturated carbocycles. The lowest BCUT2D eigenvalue weighted by molar-refractivity contribution is -0.161. The lowest BCUT2D eigenvalue weighted by Gasteiger charge is -2.19. The number of allylic oxidation sites excluding steroid dienone is 6. The molecule has 0 rings (SSSR count). The van der Waals surface area contributed by atoms with Gasteiger partial charge in [0.2, 0.25) is 0 Å². The normalized spacial score (nSPS) is 13.5. The van der Waals surface area contributed by atoms with Crippen molar-refractivity contribution in [2.24, 2.45) is 0 Å². The number of hydrogen-bond acceptors (Lipinski definition) is 7. The Kier molecular flexibility index (Phi) is 44.4. The topological polar surface area (TPSA) is 108 Å². The molecule has 0 saturated heterocycles. The van der Waals surface area contributed by atoms with Gasteiger partial charge in [0.15, 0.2) is 6.10 Å². The molecular weight excluding hydrogens is 760 g/mol. The SMILES string of the molecule is CCCCCCC/C=C\C/C=C\CCCCCCCCCCCCCC(=O)OC(COC(=O)CCCCCCCCC/C=C\CCCCCCCC)COP(=O)(O)OC. The van der Waals surface area contributed by atoms with Crippen molar-refractivity contribution in [3.05, 3.63) is 36.5 Å². The molecule has 0 aliphatic carbocycles. The highest BCUT2D eigenvalue weighted by atomic mass is 31.2. The standard InChI is InChI=1S/C50H93O8P/c1-4-6-8-10-12-14-16-18-20-22-23-24-25-26-27-29-31-33-35-37-39-41-43-45-50(52)58-48(47-57-59(53,54)55-3)46-56-49(51)44-42-40-38-36-34-32-30-28-21-19-17-15-13-11-9-7-5-2/h16,18-19,21-23,48H,4-15,17,20,24-47H2,1-3H3,(H,53,54)/b18-16-,21-19-,23-22-. The van der Waals surface area contributed by atoms with Crippen molar-refractivity contribution in [1.29, 1.82) is 0 Å². The molecule has 346 valence electrons. The summed E-state index contributed by atoms with van der Waals surface area (Å²) in [5.74, 6) is -0.803. The van der Waals surface area contributed by atoms with Gasteiger partial charge in [-0.1, -0.05) is 198 Å². The molecule has 0 radical (unpaired) electrons. The summed E-state index contributed by atoms with van der Waals surface area (Å²) in [5.41, 5.74) is 0. The van der Waals surface area contributed by atoms with E-state index in [4.69, 9.17) is 14.0 Å². The highest BCUT2D eigenvalue weighted by molar-refractivity contribution is 7.47. The van der Waals surface area contributed by atoms with E-state index in [1.807, 2.05) is 0 Å². The molecule has 9 heteroatoms. The molecule has 59 heavy (non-hydrogen) atoms. The minimum atomic E-state index is -4.27. The molecule has 0 bridgehead atoms. The Labute approximate surface area is 364 Å². The van der Waals surface area contributed by atoms with Gasteiger partial charge in [0.1, 0.15) is 6.61 Å². The summed E-state index contributed by atoms with van der Waals surface area (Å²) in [7, 11) is -3.20. The van der Waals surface area contributed by atoms with Crippen LogP contribution in [-0.2, 0) is 32.7 Å². The average Bonchev–Trinajstić information content (AvgIpc) is 3.23. The van der Waals surface area contributed by atoms with Gasteiger partial charge >= 0.3 is 19.8 Å². The first-order valence-electron chi connectivity index (χ1n) is 24.7. The first-order valence-corrected chi connectivity index (χ1v) is 26.2. The van der Waals surface area contributed by atoms with Crippen molar-refractivity contribution < 1.29 is 37.6 Å². The molecule has 0 aliphatic heterocycles. The number of esters is 2. The van der Waals surface area contributed by atoms with Gasteiger partial charge in [-0.3, -0.25) is 18.6 Å². The van der Waals surface area contributed by atoms with E-state index in [0.29, 0.717) is 6.42 Å². The third kappa shape index (κ3) is 45.6. The van der Waals surface area contributed by atoms with Crippen LogP contribution in [-0.4, -0.2) is 43.3 Å². The third-order valence-corrected chi connectivity index (χ3v) is 11.8. The number of carbonyl (C=O) groups excluding carboxylic acids is 2. The van der Waals surface area contributed by atoms with Crippen molar-refractivity contribution in [3.8, 4) is 0 Å². The van der Waals surface area contributed by atoms with E-state index in [1.165, 1.54) is 173 Å². The minimum Gasteiger partial charge on any atom is -0.462 e. The molecule has 2 atom stereocenters. The van der Waals surface area contributed by atoms with Gasteiger partial charge in [-0.05, 0) is 70.6 Å². The van der Waals surface area contributed by atoms with Crippen LogP contribution in [0.5, 0.6) is 0 Å². The zero-order valence-electron chi connectivity index (χ0n) is 38.7. The summed E-state index contributed by atoms with van der Waals surface area (Å²) < 4.78 is 32.1. The lowest BCUT2D eigenvalue weighted by Crippen LogP contribution is -2.29. The smallest absolute Gasteiger partial charge is 0.462 e. The molecule has 0 fully saturated rings. The van der Waals surface area contributed by atoms with Crippen LogP contribution in [0.15, 0.2) is 36.5 Å². The Balaban J connectivity index is 3.91. The van der Waals surface area contributed by atoms with Crippen molar-refractivity contribution in [1.82, 2.24) is 0 Å². The second-order valence-electron chi connectivity index (χ2n) is 16.6. The Hall–Kier alpha value is -1.73. The van der Waals surface area contributed by atoms with E-state index >= 15 is 0 Å². The van der Waals surface area contributed by atoms with Crippen LogP contribution >= 0.6 is 7.82 Å². The van der Waals surface area contributed by atoms with Gasteiger partial charge in [0, 0.05) is 20.0 Å². The first kappa shape index (κ1) is 57.3. The van der Waals surface area contributed by atoms with Gasteiger partial charge in [-0.25, -0.2) is 4.57 Å². The first-order chi connectivity index (χ1) is 28.8. The quantitative estimate of drug-likeness (QED) is 0.0279. The maximum Gasteiger partial charge on any atom is 0.472 e. The monoisotopic (exact) mass is 853 g/mol. The highest BCUT2D eigenvalue weighted by Crippen LogP contribution is 2.42. The summed E-state index contributed by atoms with van der Waals surface area (Å²) in [6.45, 7) is 3.90. The van der Waals surface area contributed by atoms with Gasteiger partial charge in [0.05, 0.1) is 6.61 Å². The zero-order valence-corrected chi connectivity index (χ0v) is 39.6. The lowest BCUT2D eigenvalue weighted by atomic mass is 10.0. The molecule has 0 aromatic rings. The van der Waals surface area contributed by atoms with E-state index in [9.17, 15) is 19.0 Å². The fourth-order valence-corrected chi connectivity index (χ4v) is 7.50. The van der Waals surface area contributed by atoms with Crippen molar-refractivity contribution in [3.63, 3.8) is 0 Å². The predicted octanol–water partition coefficient (Wildman–Crippen LogP) is 16.0. The number of ether oxygens (including phenoxy) is 2. The van der Waals surface area contributed by atoms with Gasteiger partial charge in [-0.15, -0.1) is 0 Å². The van der Waals surface area contributed by atoms with Crippen LogP contribution in [0.1, 0.15) is 245 Å². The number of hydrogen-bond donors (Lipinski definition) is 1.